The molecule has 0 aromatic heterocycles. The van der Waals surface area contributed by atoms with E-state index in [-0.39, 0.29) is 0 Å². The van der Waals surface area contributed by atoms with Gasteiger partial charge in [0.2, 0.25) is 0 Å². The Balaban J connectivity index is 3.42. The predicted molar refractivity (Wildman–Crippen MR) is 52.6 cm³/mol. The molecule has 0 aliphatic carbocycles. The van der Waals surface area contributed by atoms with E-state index in [1.54, 1.807) is 0 Å². The van der Waals surface area contributed by atoms with Crippen LogP contribution in [0.25, 0.3) is 0 Å². The van der Waals surface area contributed by atoms with E-state index in [0.29, 0.717) is 0 Å². The fraction of sp³-hybridized carbons (Fsp3) is 0.636. The molecule has 0 aliphatic heterocycles. The Bertz CT molecular complexity index is 120. The van der Waals surface area contributed by atoms with Crippen molar-refractivity contribution in [2.75, 3.05) is 0 Å². The van der Waals surface area contributed by atoms with Gasteiger partial charge in [-0.1, -0.05) is 51.0 Å². The first-order valence-corrected chi connectivity index (χ1v) is 4.60. The summed E-state index contributed by atoms with van der Waals surface area (Å²) < 4.78 is 0. The summed E-state index contributed by atoms with van der Waals surface area (Å²) in [5.74, 6) is 0.742. The molecule has 1 unspecified atom stereocenters. The minimum atomic E-state index is 0.742. The lowest BCUT2D eigenvalue weighted by atomic mass is 10.0. The molecule has 0 spiro atoms. The SMILES string of the molecule is C/C=C\C=C/C(C)CCCC. The summed E-state index contributed by atoms with van der Waals surface area (Å²) >= 11 is 0. The van der Waals surface area contributed by atoms with E-state index in [2.05, 4.69) is 38.2 Å². The minimum Gasteiger partial charge on any atom is -0.0877 e. The second-order valence-electron chi connectivity index (χ2n) is 3.03. The van der Waals surface area contributed by atoms with E-state index in [1.807, 2.05) is 6.92 Å². The fourth-order valence-electron chi connectivity index (χ4n) is 0.987. The molecule has 0 nitrogen and oxygen atoms in total. The molecule has 11 heavy (non-hydrogen) atoms. The topological polar surface area (TPSA) is 0 Å². The van der Waals surface area contributed by atoms with Gasteiger partial charge in [-0.25, -0.2) is 0 Å². The molecule has 0 aliphatic rings. The largest absolute Gasteiger partial charge is 0.0877 e. The highest BCUT2D eigenvalue weighted by atomic mass is 14.0. The summed E-state index contributed by atoms with van der Waals surface area (Å²) in [6, 6.07) is 0. The van der Waals surface area contributed by atoms with Gasteiger partial charge in [0, 0.05) is 0 Å². The third-order valence-electron chi connectivity index (χ3n) is 1.76. The van der Waals surface area contributed by atoms with Gasteiger partial charge in [0.1, 0.15) is 0 Å². The van der Waals surface area contributed by atoms with Crippen LogP contribution >= 0.6 is 0 Å². The average molecular weight is 152 g/mol. The minimum absolute atomic E-state index is 0.742. The van der Waals surface area contributed by atoms with Crippen LogP contribution in [-0.4, -0.2) is 0 Å². The molecule has 0 aromatic rings. The van der Waals surface area contributed by atoms with E-state index in [4.69, 9.17) is 0 Å². The van der Waals surface area contributed by atoms with Crippen molar-refractivity contribution >= 4 is 0 Å². The van der Waals surface area contributed by atoms with Crippen LogP contribution in [0.1, 0.15) is 40.0 Å². The first kappa shape index (κ1) is 10.5. The predicted octanol–water partition coefficient (Wildman–Crippen LogP) is 3.95. The molecule has 0 amide bonds. The van der Waals surface area contributed by atoms with E-state index in [1.165, 1.54) is 19.3 Å². The van der Waals surface area contributed by atoms with Gasteiger partial charge in [-0.05, 0) is 19.3 Å². The van der Waals surface area contributed by atoms with Crippen molar-refractivity contribution in [3.05, 3.63) is 24.3 Å². The van der Waals surface area contributed by atoms with Gasteiger partial charge in [-0.15, -0.1) is 0 Å². The van der Waals surface area contributed by atoms with Crippen LogP contribution in [0, 0.1) is 5.92 Å². The summed E-state index contributed by atoms with van der Waals surface area (Å²) in [7, 11) is 0. The van der Waals surface area contributed by atoms with Gasteiger partial charge < -0.3 is 0 Å². The third-order valence-corrected chi connectivity index (χ3v) is 1.76. The molecular weight excluding hydrogens is 132 g/mol. The van der Waals surface area contributed by atoms with Gasteiger partial charge in [0.25, 0.3) is 0 Å². The Morgan fingerprint density at radius 2 is 2.00 bits per heavy atom. The monoisotopic (exact) mass is 152 g/mol. The molecule has 1 atom stereocenters. The Morgan fingerprint density at radius 1 is 1.27 bits per heavy atom. The molecular formula is C11H20. The number of hydrogen-bond acceptors (Lipinski definition) is 0. The van der Waals surface area contributed by atoms with E-state index >= 15 is 0 Å². The number of allylic oxidation sites excluding steroid dienone is 4. The van der Waals surface area contributed by atoms with Gasteiger partial charge in [0.05, 0.1) is 0 Å². The summed E-state index contributed by atoms with van der Waals surface area (Å²) in [5, 5.41) is 0. The lowest BCUT2D eigenvalue weighted by Crippen LogP contribution is -1.87. The van der Waals surface area contributed by atoms with Crippen LogP contribution in [-0.2, 0) is 0 Å². The molecule has 0 saturated heterocycles. The highest BCUT2D eigenvalue weighted by Crippen LogP contribution is 2.08. The first-order chi connectivity index (χ1) is 5.31. The van der Waals surface area contributed by atoms with Crippen molar-refractivity contribution in [3.8, 4) is 0 Å². The molecule has 64 valence electrons. The summed E-state index contributed by atoms with van der Waals surface area (Å²) in [5.41, 5.74) is 0. The molecule has 0 heteroatoms. The molecule has 0 fully saturated rings. The molecule has 0 heterocycles. The van der Waals surface area contributed by atoms with Gasteiger partial charge in [0.15, 0.2) is 0 Å². The van der Waals surface area contributed by atoms with Crippen molar-refractivity contribution in [2.45, 2.75) is 40.0 Å². The lowest BCUT2D eigenvalue weighted by Gasteiger charge is -2.02. The number of unbranched alkanes of at least 4 members (excludes halogenated alkanes) is 1. The van der Waals surface area contributed by atoms with Gasteiger partial charge in [-0.2, -0.15) is 0 Å². The van der Waals surface area contributed by atoms with Crippen molar-refractivity contribution < 1.29 is 0 Å². The maximum atomic E-state index is 2.27. The standard InChI is InChI=1S/C11H20/c1-4-6-8-10-11(3)9-7-5-2/h4,6,8,10-11H,5,7,9H2,1-3H3/b6-4-,10-8-. The van der Waals surface area contributed by atoms with Crippen molar-refractivity contribution in [3.63, 3.8) is 0 Å². The third kappa shape index (κ3) is 7.38. The number of hydrogen-bond donors (Lipinski definition) is 0. The Kier molecular flexibility index (Phi) is 7.23. The van der Waals surface area contributed by atoms with Crippen LogP contribution in [0.4, 0.5) is 0 Å². The summed E-state index contributed by atoms with van der Waals surface area (Å²) in [4.78, 5) is 0. The van der Waals surface area contributed by atoms with E-state index < -0.39 is 0 Å². The van der Waals surface area contributed by atoms with Crippen LogP contribution in [0.15, 0.2) is 24.3 Å². The van der Waals surface area contributed by atoms with Crippen LogP contribution in [0.2, 0.25) is 0 Å². The van der Waals surface area contributed by atoms with Crippen molar-refractivity contribution in [1.29, 1.82) is 0 Å². The lowest BCUT2D eigenvalue weighted by molar-refractivity contribution is 0.598. The van der Waals surface area contributed by atoms with E-state index in [9.17, 15) is 0 Å². The Morgan fingerprint density at radius 3 is 2.55 bits per heavy atom. The van der Waals surface area contributed by atoms with Crippen LogP contribution in [0.3, 0.4) is 0 Å². The zero-order valence-electron chi connectivity index (χ0n) is 8.01. The second-order valence-corrected chi connectivity index (χ2v) is 3.03. The number of rotatable bonds is 5. The maximum absolute atomic E-state index is 2.27. The zero-order valence-corrected chi connectivity index (χ0v) is 8.01. The van der Waals surface area contributed by atoms with E-state index in [0.717, 1.165) is 5.92 Å². The van der Waals surface area contributed by atoms with Gasteiger partial charge >= 0.3 is 0 Å². The molecule has 0 aromatic carbocycles. The second kappa shape index (κ2) is 7.59. The zero-order chi connectivity index (χ0) is 8.53. The average Bonchev–Trinajstić information content (AvgIpc) is 2.01. The summed E-state index contributed by atoms with van der Waals surface area (Å²) in [6.45, 7) is 6.55. The molecule has 0 radical (unpaired) electrons. The summed E-state index contributed by atoms with van der Waals surface area (Å²) in [6.07, 6.45) is 12.5. The molecule has 0 saturated carbocycles. The smallest absolute Gasteiger partial charge is 0.0259 e. The normalized spacial score (nSPS) is 14.8. The quantitative estimate of drug-likeness (QED) is 0.523. The molecule has 0 bridgehead atoms. The molecule has 0 N–H and O–H groups in total. The van der Waals surface area contributed by atoms with Crippen LogP contribution < -0.4 is 0 Å². The molecule has 0 rings (SSSR count). The highest BCUT2D eigenvalue weighted by Gasteiger charge is 1.93. The highest BCUT2D eigenvalue weighted by molar-refractivity contribution is 5.02. The van der Waals surface area contributed by atoms with Crippen molar-refractivity contribution in [2.24, 2.45) is 5.92 Å². The Labute approximate surface area is 71.0 Å². The van der Waals surface area contributed by atoms with Gasteiger partial charge in [-0.3, -0.25) is 0 Å². The Hall–Kier alpha value is -0.520. The van der Waals surface area contributed by atoms with Crippen molar-refractivity contribution in [1.82, 2.24) is 0 Å². The van der Waals surface area contributed by atoms with Crippen LogP contribution in [0.5, 0.6) is 0 Å². The maximum Gasteiger partial charge on any atom is -0.0259 e. The first-order valence-electron chi connectivity index (χ1n) is 4.60. The fourth-order valence-corrected chi connectivity index (χ4v) is 0.987.